The Bertz CT molecular complexity index is 1060. The third-order valence-corrected chi connectivity index (χ3v) is 4.13. The van der Waals surface area contributed by atoms with Gasteiger partial charge in [0.05, 0.1) is 21.6 Å². The van der Waals surface area contributed by atoms with Crippen molar-refractivity contribution in [1.29, 1.82) is 0 Å². The van der Waals surface area contributed by atoms with E-state index in [4.69, 9.17) is 0 Å². The Morgan fingerprint density at radius 1 is 1.10 bits per heavy atom. The number of anilines is 1. The lowest BCUT2D eigenvalue weighted by molar-refractivity contribution is -0.384. The normalized spacial score (nSPS) is 11.3. The molecule has 0 saturated heterocycles. The largest absolute Gasteiger partial charge is 0.416 e. The van der Waals surface area contributed by atoms with Gasteiger partial charge in [0.1, 0.15) is 5.69 Å². The van der Waals surface area contributed by atoms with Crippen LogP contribution in [0, 0.1) is 10.1 Å². The molecule has 0 unspecified atom stereocenters. The molecule has 3 rings (SSSR count). The van der Waals surface area contributed by atoms with Crippen molar-refractivity contribution >= 4 is 28.2 Å². The summed E-state index contributed by atoms with van der Waals surface area (Å²) in [6.07, 6.45) is -3.10. The molecule has 0 atom stereocenters. The Hall–Kier alpha value is -3.69. The second-order valence-corrected chi connectivity index (χ2v) is 6.05. The van der Waals surface area contributed by atoms with E-state index in [1.807, 2.05) is 12.1 Å². The van der Waals surface area contributed by atoms with Crippen LogP contribution >= 0.6 is 0 Å². The number of alkyl halides is 3. The zero-order valence-electron chi connectivity index (χ0n) is 14.9. The predicted octanol–water partition coefficient (Wildman–Crippen LogP) is 4.00. The standard InChI is InChI=1S/C19H15F3N4O3/c20-19(21,22)13-6-7-15(16(11-13)26(28)29)23-9-10-25-18(27)14-5-1-3-12-4-2-8-24-17(12)14/h1-8,11,23H,9-10H2,(H,25,27). The van der Waals surface area contributed by atoms with Crippen molar-refractivity contribution in [1.82, 2.24) is 10.3 Å². The smallest absolute Gasteiger partial charge is 0.378 e. The molecule has 29 heavy (non-hydrogen) atoms. The monoisotopic (exact) mass is 404 g/mol. The van der Waals surface area contributed by atoms with Crippen molar-refractivity contribution < 1.29 is 22.9 Å². The molecule has 0 bridgehead atoms. The third-order valence-electron chi connectivity index (χ3n) is 4.13. The van der Waals surface area contributed by atoms with Crippen molar-refractivity contribution in [3.05, 3.63) is 76.0 Å². The highest BCUT2D eigenvalue weighted by molar-refractivity contribution is 6.05. The van der Waals surface area contributed by atoms with Gasteiger partial charge in [-0.2, -0.15) is 13.2 Å². The van der Waals surface area contributed by atoms with Gasteiger partial charge in [0.25, 0.3) is 11.6 Å². The highest BCUT2D eigenvalue weighted by Crippen LogP contribution is 2.34. The maximum Gasteiger partial charge on any atom is 0.416 e. The highest BCUT2D eigenvalue weighted by Gasteiger charge is 2.33. The lowest BCUT2D eigenvalue weighted by atomic mass is 10.1. The minimum Gasteiger partial charge on any atom is -0.378 e. The summed E-state index contributed by atoms with van der Waals surface area (Å²) in [6.45, 7) is 0.177. The minimum atomic E-state index is -4.68. The Morgan fingerprint density at radius 2 is 1.86 bits per heavy atom. The number of amides is 1. The van der Waals surface area contributed by atoms with Gasteiger partial charge in [-0.05, 0) is 24.3 Å². The minimum absolute atomic E-state index is 0.0657. The molecule has 150 valence electrons. The first kappa shape index (κ1) is 20.1. The van der Waals surface area contributed by atoms with Crippen LogP contribution in [0.4, 0.5) is 24.5 Å². The van der Waals surface area contributed by atoms with Crippen LogP contribution in [0.2, 0.25) is 0 Å². The van der Waals surface area contributed by atoms with E-state index in [2.05, 4.69) is 15.6 Å². The molecule has 1 heterocycles. The topological polar surface area (TPSA) is 97.2 Å². The zero-order chi connectivity index (χ0) is 21.0. The van der Waals surface area contributed by atoms with Gasteiger partial charge in [-0.1, -0.05) is 18.2 Å². The third kappa shape index (κ3) is 4.60. The molecular weight excluding hydrogens is 389 g/mol. The first-order chi connectivity index (χ1) is 13.8. The van der Waals surface area contributed by atoms with Gasteiger partial charge in [-0.3, -0.25) is 19.9 Å². The summed E-state index contributed by atoms with van der Waals surface area (Å²) in [5, 5.41) is 17.2. The fourth-order valence-electron chi connectivity index (χ4n) is 2.76. The second-order valence-electron chi connectivity index (χ2n) is 6.05. The number of rotatable bonds is 6. The molecule has 0 spiro atoms. The van der Waals surface area contributed by atoms with Crippen LogP contribution < -0.4 is 10.6 Å². The molecular formula is C19H15F3N4O3. The summed E-state index contributed by atoms with van der Waals surface area (Å²) in [6, 6.07) is 11.0. The molecule has 0 radical (unpaired) electrons. The Balaban J connectivity index is 1.64. The van der Waals surface area contributed by atoms with Gasteiger partial charge >= 0.3 is 6.18 Å². The number of benzene rings is 2. The van der Waals surface area contributed by atoms with E-state index >= 15 is 0 Å². The number of carbonyl (C=O) groups is 1. The van der Waals surface area contributed by atoms with E-state index in [9.17, 15) is 28.1 Å². The summed E-state index contributed by atoms with van der Waals surface area (Å²) in [5.41, 5.74) is -0.942. The lowest BCUT2D eigenvalue weighted by Crippen LogP contribution is -2.29. The first-order valence-corrected chi connectivity index (χ1v) is 8.49. The van der Waals surface area contributed by atoms with Crippen molar-refractivity contribution in [3.8, 4) is 0 Å². The van der Waals surface area contributed by atoms with E-state index in [-0.39, 0.29) is 24.7 Å². The van der Waals surface area contributed by atoms with Gasteiger partial charge in [-0.15, -0.1) is 0 Å². The summed E-state index contributed by atoms with van der Waals surface area (Å²) in [7, 11) is 0. The Kier molecular flexibility index (Phi) is 5.62. The quantitative estimate of drug-likeness (QED) is 0.368. The van der Waals surface area contributed by atoms with Crippen LogP contribution in [0.15, 0.2) is 54.7 Å². The van der Waals surface area contributed by atoms with Crippen LogP contribution in [0.3, 0.4) is 0 Å². The second kappa shape index (κ2) is 8.13. The number of hydrogen-bond donors (Lipinski definition) is 2. The van der Waals surface area contributed by atoms with Crippen LogP contribution in [0.1, 0.15) is 15.9 Å². The first-order valence-electron chi connectivity index (χ1n) is 8.49. The number of para-hydroxylation sites is 1. The van der Waals surface area contributed by atoms with Crippen molar-refractivity contribution in [2.75, 3.05) is 18.4 Å². The van der Waals surface area contributed by atoms with E-state index in [1.165, 1.54) is 0 Å². The van der Waals surface area contributed by atoms with Crippen molar-refractivity contribution in [2.45, 2.75) is 6.18 Å². The number of pyridine rings is 1. The van der Waals surface area contributed by atoms with E-state index in [0.717, 1.165) is 17.5 Å². The molecule has 1 amide bonds. The fraction of sp³-hybridized carbons (Fsp3) is 0.158. The molecule has 0 aliphatic heterocycles. The Labute approximate surface area is 162 Å². The van der Waals surface area contributed by atoms with Crippen LogP contribution in [-0.2, 0) is 6.18 Å². The van der Waals surface area contributed by atoms with E-state index in [1.54, 1.807) is 24.4 Å². The van der Waals surface area contributed by atoms with Crippen LogP contribution in [0.5, 0.6) is 0 Å². The zero-order valence-corrected chi connectivity index (χ0v) is 14.9. The van der Waals surface area contributed by atoms with E-state index in [0.29, 0.717) is 17.1 Å². The molecule has 0 fully saturated rings. The maximum atomic E-state index is 12.7. The number of nitro benzene ring substituents is 1. The Morgan fingerprint density at radius 3 is 2.59 bits per heavy atom. The van der Waals surface area contributed by atoms with Crippen molar-refractivity contribution in [3.63, 3.8) is 0 Å². The lowest BCUT2D eigenvalue weighted by Gasteiger charge is -2.11. The number of hydrogen-bond acceptors (Lipinski definition) is 5. The van der Waals surface area contributed by atoms with Gasteiger partial charge in [0.15, 0.2) is 0 Å². The number of fused-ring (bicyclic) bond motifs is 1. The number of halogens is 3. The molecule has 2 aromatic carbocycles. The molecule has 10 heteroatoms. The fourth-order valence-corrected chi connectivity index (χ4v) is 2.76. The summed E-state index contributed by atoms with van der Waals surface area (Å²) in [4.78, 5) is 26.8. The number of nitrogens with one attached hydrogen (secondary N) is 2. The number of nitro groups is 1. The number of carbonyl (C=O) groups excluding carboxylic acids is 1. The van der Waals surface area contributed by atoms with Gasteiger partial charge in [-0.25, -0.2) is 0 Å². The predicted molar refractivity (Wildman–Crippen MR) is 101 cm³/mol. The molecule has 0 aliphatic carbocycles. The molecule has 1 aromatic heterocycles. The average Bonchev–Trinajstić information content (AvgIpc) is 2.69. The van der Waals surface area contributed by atoms with Gasteiger partial charge in [0.2, 0.25) is 0 Å². The van der Waals surface area contributed by atoms with Crippen LogP contribution in [0.25, 0.3) is 10.9 Å². The van der Waals surface area contributed by atoms with Crippen molar-refractivity contribution in [2.24, 2.45) is 0 Å². The number of nitrogens with zero attached hydrogens (tertiary/aromatic N) is 2. The van der Waals surface area contributed by atoms with Gasteiger partial charge in [0, 0.05) is 30.7 Å². The van der Waals surface area contributed by atoms with Crippen LogP contribution in [-0.4, -0.2) is 28.9 Å². The molecule has 0 aliphatic rings. The van der Waals surface area contributed by atoms with Gasteiger partial charge < -0.3 is 10.6 Å². The number of aromatic nitrogens is 1. The molecule has 7 nitrogen and oxygen atoms in total. The summed E-state index contributed by atoms with van der Waals surface area (Å²) in [5.74, 6) is -0.377. The molecule has 3 aromatic rings. The highest BCUT2D eigenvalue weighted by atomic mass is 19.4. The average molecular weight is 404 g/mol. The SMILES string of the molecule is O=C(NCCNc1ccc(C(F)(F)F)cc1[N+](=O)[O-])c1cccc2cccnc12. The molecule has 2 N–H and O–H groups in total. The summed E-state index contributed by atoms with van der Waals surface area (Å²) < 4.78 is 38.2. The van der Waals surface area contributed by atoms with E-state index < -0.39 is 22.4 Å². The summed E-state index contributed by atoms with van der Waals surface area (Å²) >= 11 is 0. The maximum absolute atomic E-state index is 12.7. The molecule has 0 saturated carbocycles.